The van der Waals surface area contributed by atoms with Crippen LogP contribution in [0, 0.1) is 0 Å². The van der Waals surface area contributed by atoms with Crippen molar-refractivity contribution in [2.75, 3.05) is 33.1 Å². The number of methoxy groups -OCH3 is 2. The highest BCUT2D eigenvalue weighted by atomic mass is 16.5. The first-order chi connectivity index (χ1) is 16.5. The van der Waals surface area contributed by atoms with Crippen molar-refractivity contribution in [2.24, 2.45) is 0 Å². The van der Waals surface area contributed by atoms with E-state index in [0.29, 0.717) is 42.1 Å². The quantitative estimate of drug-likeness (QED) is 0.551. The fraction of sp³-hybridized carbons (Fsp3) is 0.259. The van der Waals surface area contributed by atoms with Crippen LogP contribution in [0.1, 0.15) is 21.5 Å². The third-order valence-electron chi connectivity index (χ3n) is 5.85. The van der Waals surface area contributed by atoms with Crippen LogP contribution in [0.25, 0.3) is 0 Å². The van der Waals surface area contributed by atoms with Crippen LogP contribution in [0.2, 0.25) is 0 Å². The normalized spacial score (nSPS) is 14.0. The minimum Gasteiger partial charge on any atom is -0.493 e. The maximum atomic E-state index is 13.0. The summed E-state index contributed by atoms with van der Waals surface area (Å²) in [5.41, 5.74) is 3.12. The van der Waals surface area contributed by atoms with Gasteiger partial charge in [-0.25, -0.2) is 0 Å². The van der Waals surface area contributed by atoms with E-state index in [9.17, 15) is 9.59 Å². The molecule has 1 aliphatic heterocycles. The molecule has 176 valence electrons. The molecule has 1 heterocycles. The van der Waals surface area contributed by atoms with Crippen molar-refractivity contribution in [3.63, 3.8) is 0 Å². The Morgan fingerprint density at radius 3 is 2.56 bits per heavy atom. The van der Waals surface area contributed by atoms with Crippen molar-refractivity contribution in [1.29, 1.82) is 0 Å². The molecular formula is C27H28N2O5. The monoisotopic (exact) mass is 460 g/mol. The van der Waals surface area contributed by atoms with Crippen molar-refractivity contribution in [3.05, 3.63) is 83.4 Å². The molecular weight excluding hydrogens is 432 g/mol. The molecule has 3 aromatic carbocycles. The second-order valence-electron chi connectivity index (χ2n) is 8.15. The van der Waals surface area contributed by atoms with Crippen LogP contribution in [-0.2, 0) is 17.6 Å². The van der Waals surface area contributed by atoms with Crippen LogP contribution in [0.5, 0.6) is 17.2 Å². The standard InChI is InChI=1S/C27H28N2O5/c1-29(14-13-18-11-12-23(32-2)24(15-18)33-3)27(31)20-8-6-9-21(16-20)28-26(30)25-17-19-7-4-5-10-22(19)34-25/h4-12,15-16,25H,13-14,17H2,1-3H3,(H,28,30). The summed E-state index contributed by atoms with van der Waals surface area (Å²) in [4.78, 5) is 27.3. The summed E-state index contributed by atoms with van der Waals surface area (Å²) in [6.07, 6.45) is 0.610. The third-order valence-corrected chi connectivity index (χ3v) is 5.85. The van der Waals surface area contributed by atoms with Crippen LogP contribution in [0.4, 0.5) is 5.69 Å². The van der Waals surface area contributed by atoms with E-state index in [0.717, 1.165) is 16.9 Å². The number of hydrogen-bond donors (Lipinski definition) is 1. The van der Waals surface area contributed by atoms with Crippen LogP contribution in [-0.4, -0.2) is 50.6 Å². The highest BCUT2D eigenvalue weighted by Crippen LogP contribution is 2.29. The lowest BCUT2D eigenvalue weighted by atomic mass is 10.1. The van der Waals surface area contributed by atoms with Crippen LogP contribution in [0.15, 0.2) is 66.7 Å². The molecule has 0 aliphatic carbocycles. The van der Waals surface area contributed by atoms with Gasteiger partial charge in [-0.1, -0.05) is 30.3 Å². The number of para-hydroxylation sites is 1. The topological polar surface area (TPSA) is 77.1 Å². The Hall–Kier alpha value is -4.00. The van der Waals surface area contributed by atoms with Gasteiger partial charge in [0.1, 0.15) is 5.75 Å². The average molecular weight is 461 g/mol. The molecule has 0 radical (unpaired) electrons. The lowest BCUT2D eigenvalue weighted by Gasteiger charge is -2.18. The van der Waals surface area contributed by atoms with Gasteiger partial charge in [-0.15, -0.1) is 0 Å². The number of carbonyl (C=O) groups is 2. The van der Waals surface area contributed by atoms with Crippen LogP contribution >= 0.6 is 0 Å². The molecule has 34 heavy (non-hydrogen) atoms. The molecule has 0 saturated carbocycles. The van der Waals surface area contributed by atoms with Crippen LogP contribution in [0.3, 0.4) is 0 Å². The zero-order valence-corrected chi connectivity index (χ0v) is 19.5. The average Bonchev–Trinajstić information content (AvgIpc) is 3.31. The fourth-order valence-corrected chi connectivity index (χ4v) is 3.94. The summed E-state index contributed by atoms with van der Waals surface area (Å²) in [5, 5.41) is 2.87. The Kier molecular flexibility index (Phi) is 7.01. The molecule has 1 N–H and O–H groups in total. The summed E-state index contributed by atoms with van der Waals surface area (Å²) in [5.74, 6) is 1.71. The number of anilines is 1. The van der Waals surface area contributed by atoms with E-state index >= 15 is 0 Å². The Labute approximate surface area is 199 Å². The summed E-state index contributed by atoms with van der Waals surface area (Å²) < 4.78 is 16.4. The van der Waals surface area contributed by atoms with Gasteiger partial charge < -0.3 is 24.4 Å². The number of nitrogens with one attached hydrogen (secondary N) is 1. The van der Waals surface area contributed by atoms with E-state index in [-0.39, 0.29) is 11.8 Å². The van der Waals surface area contributed by atoms with Crippen molar-refractivity contribution in [1.82, 2.24) is 4.90 Å². The molecule has 3 aromatic rings. The smallest absolute Gasteiger partial charge is 0.265 e. The molecule has 0 fully saturated rings. The molecule has 7 nitrogen and oxygen atoms in total. The van der Waals surface area contributed by atoms with Gasteiger partial charge in [-0.05, 0) is 53.9 Å². The maximum Gasteiger partial charge on any atom is 0.265 e. The molecule has 4 rings (SSSR count). The molecule has 0 aromatic heterocycles. The maximum absolute atomic E-state index is 13.0. The second-order valence-corrected chi connectivity index (χ2v) is 8.15. The van der Waals surface area contributed by atoms with Gasteiger partial charge in [-0.2, -0.15) is 0 Å². The predicted molar refractivity (Wildman–Crippen MR) is 130 cm³/mol. The number of rotatable bonds is 8. The summed E-state index contributed by atoms with van der Waals surface area (Å²) >= 11 is 0. The van der Waals surface area contributed by atoms with Crippen molar-refractivity contribution in [2.45, 2.75) is 18.9 Å². The number of benzene rings is 3. The van der Waals surface area contributed by atoms with Gasteiger partial charge in [0.25, 0.3) is 11.8 Å². The van der Waals surface area contributed by atoms with Crippen molar-refractivity contribution in [3.8, 4) is 17.2 Å². The number of fused-ring (bicyclic) bond motifs is 1. The highest BCUT2D eigenvalue weighted by molar-refractivity contribution is 5.98. The Balaban J connectivity index is 1.35. The summed E-state index contributed by atoms with van der Waals surface area (Å²) in [6, 6.07) is 20.3. The minimum absolute atomic E-state index is 0.124. The first-order valence-corrected chi connectivity index (χ1v) is 11.1. The number of carbonyl (C=O) groups excluding carboxylic acids is 2. The number of nitrogens with zero attached hydrogens (tertiary/aromatic N) is 1. The number of likely N-dealkylation sites (N-methyl/N-ethyl adjacent to an activating group) is 1. The number of amides is 2. The van der Waals surface area contributed by atoms with E-state index in [4.69, 9.17) is 14.2 Å². The largest absolute Gasteiger partial charge is 0.493 e. The molecule has 1 aliphatic rings. The van der Waals surface area contributed by atoms with Crippen molar-refractivity contribution < 1.29 is 23.8 Å². The lowest BCUT2D eigenvalue weighted by Crippen LogP contribution is -2.32. The van der Waals surface area contributed by atoms with E-state index < -0.39 is 6.10 Å². The van der Waals surface area contributed by atoms with Gasteiger partial charge in [-0.3, -0.25) is 9.59 Å². The Bertz CT molecular complexity index is 1170. The van der Waals surface area contributed by atoms with Gasteiger partial charge in [0.05, 0.1) is 14.2 Å². The first kappa shape index (κ1) is 23.2. The van der Waals surface area contributed by atoms with Gasteiger partial charge in [0.15, 0.2) is 17.6 Å². The Morgan fingerprint density at radius 1 is 1.00 bits per heavy atom. The van der Waals surface area contributed by atoms with Gasteiger partial charge in [0.2, 0.25) is 0 Å². The zero-order valence-electron chi connectivity index (χ0n) is 19.5. The first-order valence-electron chi connectivity index (χ1n) is 11.1. The summed E-state index contributed by atoms with van der Waals surface area (Å²) in [7, 11) is 4.96. The van der Waals surface area contributed by atoms with E-state index in [2.05, 4.69) is 5.32 Å². The molecule has 7 heteroatoms. The van der Waals surface area contributed by atoms with E-state index in [1.807, 2.05) is 42.5 Å². The molecule has 1 unspecified atom stereocenters. The second kappa shape index (κ2) is 10.3. The third kappa shape index (κ3) is 5.14. The number of hydrogen-bond acceptors (Lipinski definition) is 5. The molecule has 2 amide bonds. The molecule has 0 bridgehead atoms. The lowest BCUT2D eigenvalue weighted by molar-refractivity contribution is -0.122. The predicted octanol–water partition coefficient (Wildman–Crippen LogP) is 3.96. The fourth-order valence-electron chi connectivity index (χ4n) is 3.94. The Morgan fingerprint density at radius 2 is 1.79 bits per heavy atom. The van der Waals surface area contributed by atoms with Gasteiger partial charge >= 0.3 is 0 Å². The van der Waals surface area contributed by atoms with E-state index in [1.165, 1.54) is 0 Å². The molecule has 1 atom stereocenters. The molecule has 0 saturated heterocycles. The minimum atomic E-state index is -0.582. The SMILES string of the molecule is COc1ccc(CCN(C)C(=O)c2cccc(NC(=O)C3Cc4ccccc4O3)c2)cc1OC. The van der Waals surface area contributed by atoms with E-state index in [1.54, 1.807) is 50.4 Å². The molecule has 0 spiro atoms. The summed E-state index contributed by atoms with van der Waals surface area (Å²) in [6.45, 7) is 0.527. The number of ether oxygens (including phenoxy) is 3. The van der Waals surface area contributed by atoms with Gasteiger partial charge in [0, 0.05) is 31.3 Å². The zero-order chi connectivity index (χ0) is 24.1. The van der Waals surface area contributed by atoms with Crippen LogP contribution < -0.4 is 19.5 Å². The highest BCUT2D eigenvalue weighted by Gasteiger charge is 2.29. The van der Waals surface area contributed by atoms with Crippen molar-refractivity contribution >= 4 is 17.5 Å².